The Morgan fingerprint density at radius 1 is 1.29 bits per heavy atom. The van der Waals surface area contributed by atoms with Crippen molar-refractivity contribution in [2.75, 3.05) is 33.9 Å². The van der Waals surface area contributed by atoms with E-state index in [-0.39, 0.29) is 0 Å². The molecule has 0 bridgehead atoms. The lowest BCUT2D eigenvalue weighted by atomic mass is 9.99. The fourth-order valence-corrected chi connectivity index (χ4v) is 2.57. The molecule has 0 aliphatic heterocycles. The summed E-state index contributed by atoms with van der Waals surface area (Å²) in [6.45, 7) is 6.34. The summed E-state index contributed by atoms with van der Waals surface area (Å²) in [4.78, 5) is 2.35. The van der Waals surface area contributed by atoms with Gasteiger partial charge < -0.3 is 15.0 Å². The van der Waals surface area contributed by atoms with Gasteiger partial charge in [0.15, 0.2) is 0 Å². The van der Waals surface area contributed by atoms with Crippen molar-refractivity contribution in [2.24, 2.45) is 0 Å². The maximum Gasteiger partial charge on any atom is 0.0474 e. The van der Waals surface area contributed by atoms with E-state index < -0.39 is 0 Å². The lowest BCUT2D eigenvalue weighted by molar-refractivity contribution is 0.178. The van der Waals surface area contributed by atoms with Crippen LogP contribution in [-0.4, -0.2) is 44.8 Å². The van der Waals surface area contributed by atoms with E-state index in [9.17, 15) is 0 Å². The van der Waals surface area contributed by atoms with E-state index in [1.165, 1.54) is 24.0 Å². The van der Waals surface area contributed by atoms with Crippen molar-refractivity contribution in [2.45, 2.75) is 44.7 Å². The molecule has 0 aromatic heterocycles. The maximum absolute atomic E-state index is 5.10. The van der Waals surface area contributed by atoms with Gasteiger partial charge in [-0.25, -0.2) is 0 Å². The lowest BCUT2D eigenvalue weighted by Crippen LogP contribution is -2.22. The Balaban J connectivity index is 1.74. The molecule has 0 saturated heterocycles. The summed E-state index contributed by atoms with van der Waals surface area (Å²) in [6.07, 6.45) is 3.82. The normalized spacial score (nSPS) is 16.4. The molecule has 1 aliphatic carbocycles. The van der Waals surface area contributed by atoms with Crippen LogP contribution in [0.3, 0.4) is 0 Å². The second-order valence-corrected chi connectivity index (χ2v) is 6.41. The summed E-state index contributed by atoms with van der Waals surface area (Å²) in [7, 11) is 3.93. The van der Waals surface area contributed by atoms with Gasteiger partial charge in [-0.2, -0.15) is 0 Å². The average Bonchev–Trinajstić information content (AvgIpc) is 3.30. The number of rotatable bonds is 10. The molecule has 1 aromatic carbocycles. The molecule has 3 nitrogen and oxygen atoms in total. The smallest absolute Gasteiger partial charge is 0.0474 e. The molecule has 1 aromatic rings. The summed E-state index contributed by atoms with van der Waals surface area (Å²) < 4.78 is 5.10. The van der Waals surface area contributed by atoms with E-state index in [0.29, 0.717) is 5.92 Å². The number of methoxy groups -OCH3 is 1. The Morgan fingerprint density at radius 2 is 2.00 bits per heavy atom. The highest BCUT2D eigenvalue weighted by Gasteiger charge is 2.21. The van der Waals surface area contributed by atoms with Crippen LogP contribution >= 0.6 is 0 Å². The Hall–Kier alpha value is -0.900. The van der Waals surface area contributed by atoms with Gasteiger partial charge in [-0.05, 0) is 43.4 Å². The fourth-order valence-electron chi connectivity index (χ4n) is 2.57. The Kier molecular flexibility index (Phi) is 6.68. The number of ether oxygens (including phenoxy) is 1. The third-order valence-corrected chi connectivity index (χ3v) is 4.18. The van der Waals surface area contributed by atoms with Gasteiger partial charge in [0.1, 0.15) is 0 Å². The highest BCUT2D eigenvalue weighted by Crippen LogP contribution is 2.21. The highest BCUT2D eigenvalue weighted by molar-refractivity contribution is 5.25. The standard InChI is InChI=1S/C18H30N2O/c1-15(13-19-18-9-10-18)17-7-5-16(6-8-17)14-20(2)11-4-12-21-3/h5-8,15,18-19H,4,9-14H2,1-3H3. The van der Waals surface area contributed by atoms with E-state index >= 15 is 0 Å². The molecule has 1 aliphatic rings. The minimum Gasteiger partial charge on any atom is -0.385 e. The first kappa shape index (κ1) is 16.5. The molecule has 3 heteroatoms. The second kappa shape index (κ2) is 8.52. The molecule has 1 N–H and O–H groups in total. The molecule has 2 rings (SSSR count). The predicted molar refractivity (Wildman–Crippen MR) is 88.7 cm³/mol. The van der Waals surface area contributed by atoms with Crippen LogP contribution in [-0.2, 0) is 11.3 Å². The minimum absolute atomic E-state index is 0.596. The number of nitrogens with one attached hydrogen (secondary N) is 1. The first-order valence-corrected chi connectivity index (χ1v) is 8.18. The molecule has 21 heavy (non-hydrogen) atoms. The van der Waals surface area contributed by atoms with E-state index in [0.717, 1.165) is 38.7 Å². The van der Waals surface area contributed by atoms with Gasteiger partial charge in [0.05, 0.1) is 0 Å². The van der Waals surface area contributed by atoms with Gasteiger partial charge in [-0.1, -0.05) is 31.2 Å². The van der Waals surface area contributed by atoms with Gasteiger partial charge in [0.2, 0.25) is 0 Å². The Morgan fingerprint density at radius 3 is 2.62 bits per heavy atom. The van der Waals surface area contributed by atoms with Crippen molar-refractivity contribution >= 4 is 0 Å². The number of nitrogens with zero attached hydrogens (tertiary/aromatic N) is 1. The Bertz CT molecular complexity index is 400. The van der Waals surface area contributed by atoms with Crippen LogP contribution in [0.2, 0.25) is 0 Å². The quantitative estimate of drug-likeness (QED) is 0.670. The Labute approximate surface area is 129 Å². The van der Waals surface area contributed by atoms with Gasteiger partial charge in [-0.15, -0.1) is 0 Å². The summed E-state index contributed by atoms with van der Waals surface area (Å²) in [5, 5.41) is 3.61. The monoisotopic (exact) mass is 290 g/mol. The molecule has 1 atom stereocenters. The van der Waals surface area contributed by atoms with E-state index in [4.69, 9.17) is 4.74 Å². The van der Waals surface area contributed by atoms with Gasteiger partial charge in [0.25, 0.3) is 0 Å². The number of hydrogen-bond acceptors (Lipinski definition) is 3. The summed E-state index contributed by atoms with van der Waals surface area (Å²) >= 11 is 0. The molecular weight excluding hydrogens is 260 g/mol. The molecular formula is C18H30N2O. The van der Waals surface area contributed by atoms with Crippen LogP contribution in [0.1, 0.15) is 43.2 Å². The summed E-state index contributed by atoms with van der Waals surface area (Å²) in [6, 6.07) is 9.92. The highest BCUT2D eigenvalue weighted by atomic mass is 16.5. The summed E-state index contributed by atoms with van der Waals surface area (Å²) in [5.74, 6) is 0.596. The van der Waals surface area contributed by atoms with Gasteiger partial charge in [0, 0.05) is 39.4 Å². The SMILES string of the molecule is COCCCN(C)Cc1ccc(C(C)CNC2CC2)cc1. The van der Waals surface area contributed by atoms with Crippen LogP contribution in [0, 0.1) is 0 Å². The van der Waals surface area contributed by atoms with Crippen molar-refractivity contribution in [1.82, 2.24) is 10.2 Å². The third-order valence-electron chi connectivity index (χ3n) is 4.18. The fraction of sp³-hybridized carbons (Fsp3) is 0.667. The predicted octanol–water partition coefficient (Wildman–Crippen LogP) is 3.01. The van der Waals surface area contributed by atoms with Crippen molar-refractivity contribution in [1.29, 1.82) is 0 Å². The number of hydrogen-bond donors (Lipinski definition) is 1. The molecule has 1 saturated carbocycles. The molecule has 0 amide bonds. The number of benzene rings is 1. The van der Waals surface area contributed by atoms with Crippen LogP contribution in [0.15, 0.2) is 24.3 Å². The first-order chi connectivity index (χ1) is 10.2. The second-order valence-electron chi connectivity index (χ2n) is 6.41. The first-order valence-electron chi connectivity index (χ1n) is 8.18. The van der Waals surface area contributed by atoms with Gasteiger partial charge >= 0.3 is 0 Å². The van der Waals surface area contributed by atoms with E-state index in [1.807, 2.05) is 0 Å². The van der Waals surface area contributed by atoms with Crippen molar-refractivity contribution in [3.05, 3.63) is 35.4 Å². The van der Waals surface area contributed by atoms with Crippen LogP contribution < -0.4 is 5.32 Å². The molecule has 0 heterocycles. The molecule has 0 radical (unpaired) electrons. The molecule has 1 unspecified atom stereocenters. The maximum atomic E-state index is 5.10. The average molecular weight is 290 g/mol. The zero-order valence-corrected chi connectivity index (χ0v) is 13.8. The lowest BCUT2D eigenvalue weighted by Gasteiger charge is -2.17. The zero-order chi connectivity index (χ0) is 15.1. The van der Waals surface area contributed by atoms with Crippen molar-refractivity contribution < 1.29 is 4.74 Å². The third kappa shape index (κ3) is 6.16. The zero-order valence-electron chi connectivity index (χ0n) is 13.8. The summed E-state index contributed by atoms with van der Waals surface area (Å²) in [5.41, 5.74) is 2.83. The van der Waals surface area contributed by atoms with Crippen LogP contribution in [0.25, 0.3) is 0 Å². The van der Waals surface area contributed by atoms with E-state index in [2.05, 4.69) is 48.5 Å². The van der Waals surface area contributed by atoms with Crippen LogP contribution in [0.5, 0.6) is 0 Å². The van der Waals surface area contributed by atoms with E-state index in [1.54, 1.807) is 7.11 Å². The largest absolute Gasteiger partial charge is 0.385 e. The van der Waals surface area contributed by atoms with Gasteiger partial charge in [-0.3, -0.25) is 0 Å². The molecule has 0 spiro atoms. The topological polar surface area (TPSA) is 24.5 Å². The van der Waals surface area contributed by atoms with Crippen molar-refractivity contribution in [3.8, 4) is 0 Å². The van der Waals surface area contributed by atoms with Crippen LogP contribution in [0.4, 0.5) is 0 Å². The van der Waals surface area contributed by atoms with Crippen molar-refractivity contribution in [3.63, 3.8) is 0 Å². The molecule has 118 valence electrons. The molecule has 1 fully saturated rings. The minimum atomic E-state index is 0.596.